The fraction of sp³-hybridized carbons (Fsp3) is 0.640. The van der Waals surface area contributed by atoms with Gasteiger partial charge in [-0.15, -0.1) is 0 Å². The number of ketones is 1. The SMILES string of the molecule is COC(=O)[C@@H]1C[C@H](OC(=O)CCC(=O)O)C(=O)[C@H]2[C@@]1(C)CCC1C(=O)O[C@H](c3ccoc3)C[C@@]12C. The third kappa shape index (κ3) is 4.23. The summed E-state index contributed by atoms with van der Waals surface area (Å²) in [5.41, 5.74) is -1.02. The van der Waals surface area contributed by atoms with Crippen LogP contribution in [0.4, 0.5) is 0 Å². The third-order valence-electron chi connectivity index (χ3n) is 8.32. The molecule has 190 valence electrons. The number of carbonyl (C=O) groups excluding carboxylic acids is 4. The first-order valence-electron chi connectivity index (χ1n) is 11.8. The van der Waals surface area contributed by atoms with Crippen LogP contribution in [0.1, 0.15) is 64.0 Å². The predicted octanol–water partition coefficient (Wildman–Crippen LogP) is 2.85. The summed E-state index contributed by atoms with van der Waals surface area (Å²) in [5.74, 6) is -5.35. The van der Waals surface area contributed by atoms with Gasteiger partial charge in [0.2, 0.25) is 0 Å². The van der Waals surface area contributed by atoms with E-state index in [9.17, 15) is 24.0 Å². The summed E-state index contributed by atoms with van der Waals surface area (Å²) in [6.45, 7) is 3.74. The van der Waals surface area contributed by atoms with Crippen LogP contribution < -0.4 is 0 Å². The zero-order valence-corrected chi connectivity index (χ0v) is 20.0. The van der Waals surface area contributed by atoms with Crippen molar-refractivity contribution in [1.82, 2.24) is 0 Å². The second kappa shape index (κ2) is 9.13. The highest BCUT2D eigenvalue weighted by Crippen LogP contribution is 2.65. The number of methoxy groups -OCH3 is 1. The number of Topliss-reactive ketones (excluding diaryl/α,β-unsaturated/α-hetero) is 1. The molecule has 1 aromatic rings. The Bertz CT molecular complexity index is 1030. The quantitative estimate of drug-likeness (QED) is 0.466. The standard InChI is InChI=1S/C25H30O10/c1-24-8-6-14-23(31)35-17(13-7-9-33-12-13)11-25(14,2)21(24)20(29)16(10-15(24)22(30)32-3)34-19(28)5-4-18(26)27/h7,9,12,14-17,21H,4-6,8,10-11H2,1-3H3,(H,26,27)/t14?,15-,16-,17-,21-,24-,25-/m0/s1. The van der Waals surface area contributed by atoms with E-state index in [1.807, 2.05) is 13.8 Å². The maximum atomic E-state index is 13.9. The average Bonchev–Trinajstić information content (AvgIpc) is 3.33. The molecule has 0 aromatic carbocycles. The van der Waals surface area contributed by atoms with Gasteiger partial charge in [-0.1, -0.05) is 13.8 Å². The number of fused-ring (bicyclic) bond motifs is 3. The molecule has 35 heavy (non-hydrogen) atoms. The summed E-state index contributed by atoms with van der Waals surface area (Å²) in [4.78, 5) is 63.1. The minimum absolute atomic E-state index is 0.0479. The normalized spacial score (nSPS) is 36.4. The fourth-order valence-corrected chi connectivity index (χ4v) is 6.69. The lowest BCUT2D eigenvalue weighted by Gasteiger charge is -2.61. The Hall–Kier alpha value is -3.17. The van der Waals surface area contributed by atoms with Gasteiger partial charge >= 0.3 is 23.9 Å². The van der Waals surface area contributed by atoms with E-state index in [1.165, 1.54) is 19.6 Å². The van der Waals surface area contributed by atoms with Gasteiger partial charge in [-0.2, -0.15) is 0 Å². The van der Waals surface area contributed by atoms with Crippen molar-refractivity contribution in [3.63, 3.8) is 0 Å². The van der Waals surface area contributed by atoms with Crippen LogP contribution in [0.5, 0.6) is 0 Å². The molecule has 1 unspecified atom stereocenters. The van der Waals surface area contributed by atoms with Crippen LogP contribution >= 0.6 is 0 Å². The molecule has 0 bridgehead atoms. The van der Waals surface area contributed by atoms with Gasteiger partial charge in [0.05, 0.1) is 44.3 Å². The number of furan rings is 1. The highest BCUT2D eigenvalue weighted by molar-refractivity contribution is 5.93. The van der Waals surface area contributed by atoms with Crippen molar-refractivity contribution in [2.45, 2.75) is 64.6 Å². The second-order valence-corrected chi connectivity index (χ2v) is 10.3. The van der Waals surface area contributed by atoms with Crippen molar-refractivity contribution < 1.29 is 47.7 Å². The molecule has 1 N–H and O–H groups in total. The number of cyclic esters (lactones) is 1. The minimum Gasteiger partial charge on any atom is -0.481 e. The molecule has 3 fully saturated rings. The van der Waals surface area contributed by atoms with Gasteiger partial charge in [0.25, 0.3) is 0 Å². The highest BCUT2D eigenvalue weighted by atomic mass is 16.6. The van der Waals surface area contributed by atoms with E-state index < -0.39 is 77.5 Å². The molecule has 10 heteroatoms. The number of aliphatic carboxylic acids is 1. The largest absolute Gasteiger partial charge is 0.481 e. The summed E-state index contributed by atoms with van der Waals surface area (Å²) >= 11 is 0. The van der Waals surface area contributed by atoms with Crippen LogP contribution in [-0.2, 0) is 38.2 Å². The van der Waals surface area contributed by atoms with Crippen molar-refractivity contribution in [3.05, 3.63) is 24.2 Å². The van der Waals surface area contributed by atoms with Gasteiger partial charge in [-0.25, -0.2) is 0 Å². The molecule has 2 aliphatic carbocycles. The maximum Gasteiger partial charge on any atom is 0.310 e. The number of esters is 3. The molecule has 7 atom stereocenters. The monoisotopic (exact) mass is 490 g/mol. The first kappa shape index (κ1) is 24.9. The number of rotatable bonds is 6. The van der Waals surface area contributed by atoms with E-state index >= 15 is 0 Å². The van der Waals surface area contributed by atoms with Gasteiger partial charge in [-0.3, -0.25) is 24.0 Å². The molecular weight excluding hydrogens is 460 g/mol. The zero-order valence-electron chi connectivity index (χ0n) is 20.0. The molecule has 1 aliphatic heterocycles. The molecule has 2 heterocycles. The first-order chi connectivity index (χ1) is 16.5. The van der Waals surface area contributed by atoms with Gasteiger partial charge in [0.15, 0.2) is 11.9 Å². The van der Waals surface area contributed by atoms with E-state index in [4.69, 9.17) is 23.7 Å². The number of ether oxygens (including phenoxy) is 3. The van der Waals surface area contributed by atoms with Crippen LogP contribution in [0.25, 0.3) is 0 Å². The molecule has 2 saturated carbocycles. The van der Waals surface area contributed by atoms with Crippen LogP contribution in [0.15, 0.2) is 23.0 Å². The summed E-state index contributed by atoms with van der Waals surface area (Å²) < 4.78 is 21.4. The van der Waals surface area contributed by atoms with E-state index in [0.717, 1.165) is 0 Å². The number of carboxylic acid groups (broad SMARTS) is 1. The lowest BCUT2D eigenvalue weighted by molar-refractivity contribution is -0.210. The van der Waals surface area contributed by atoms with Crippen molar-refractivity contribution >= 4 is 29.7 Å². The Morgan fingerprint density at radius 1 is 1.17 bits per heavy atom. The third-order valence-corrected chi connectivity index (χ3v) is 8.32. The number of hydrogen-bond donors (Lipinski definition) is 1. The molecule has 3 aliphatic rings. The summed E-state index contributed by atoms with van der Waals surface area (Å²) in [6.07, 6.45) is 1.46. The van der Waals surface area contributed by atoms with Gasteiger partial charge in [-0.05, 0) is 36.2 Å². The molecule has 1 aromatic heterocycles. The highest BCUT2D eigenvalue weighted by Gasteiger charge is 2.67. The van der Waals surface area contributed by atoms with E-state index in [2.05, 4.69) is 0 Å². The van der Waals surface area contributed by atoms with Gasteiger partial charge < -0.3 is 23.7 Å². The minimum atomic E-state index is -1.24. The molecule has 0 radical (unpaired) electrons. The van der Waals surface area contributed by atoms with Crippen LogP contribution in [0.2, 0.25) is 0 Å². The summed E-state index contributed by atoms with van der Waals surface area (Å²) in [6, 6.07) is 1.70. The lowest BCUT2D eigenvalue weighted by atomic mass is 9.43. The molecule has 10 nitrogen and oxygen atoms in total. The van der Waals surface area contributed by atoms with Gasteiger partial charge in [0.1, 0.15) is 6.10 Å². The summed E-state index contributed by atoms with van der Waals surface area (Å²) in [7, 11) is 1.27. The summed E-state index contributed by atoms with van der Waals surface area (Å²) in [5, 5.41) is 8.86. The van der Waals surface area contributed by atoms with Crippen molar-refractivity contribution in [1.29, 1.82) is 0 Å². The van der Waals surface area contributed by atoms with E-state index in [-0.39, 0.29) is 12.2 Å². The zero-order chi connectivity index (χ0) is 25.5. The van der Waals surface area contributed by atoms with Gasteiger partial charge in [0, 0.05) is 17.9 Å². The maximum absolute atomic E-state index is 13.9. The smallest absolute Gasteiger partial charge is 0.310 e. The van der Waals surface area contributed by atoms with E-state index in [1.54, 1.807) is 6.07 Å². The molecule has 0 amide bonds. The second-order valence-electron chi connectivity index (χ2n) is 10.3. The van der Waals surface area contributed by atoms with Crippen molar-refractivity contribution in [2.24, 2.45) is 28.6 Å². The topological polar surface area (TPSA) is 146 Å². The Kier molecular flexibility index (Phi) is 6.50. The first-order valence-corrected chi connectivity index (χ1v) is 11.8. The Morgan fingerprint density at radius 3 is 2.54 bits per heavy atom. The molecule has 4 rings (SSSR count). The Balaban J connectivity index is 1.71. The number of carboxylic acids is 1. The van der Waals surface area contributed by atoms with Crippen molar-refractivity contribution in [3.8, 4) is 0 Å². The molecular formula is C25H30O10. The average molecular weight is 491 g/mol. The lowest BCUT2D eigenvalue weighted by Crippen LogP contribution is -2.64. The molecule has 1 saturated heterocycles. The molecule has 0 spiro atoms. The van der Waals surface area contributed by atoms with Crippen LogP contribution in [0, 0.1) is 28.6 Å². The number of hydrogen-bond acceptors (Lipinski definition) is 9. The van der Waals surface area contributed by atoms with E-state index in [0.29, 0.717) is 24.8 Å². The Labute approximate surface area is 202 Å². The number of carbonyl (C=O) groups is 5. The fourth-order valence-electron chi connectivity index (χ4n) is 6.69. The predicted molar refractivity (Wildman–Crippen MR) is 116 cm³/mol. The van der Waals surface area contributed by atoms with Crippen molar-refractivity contribution in [2.75, 3.05) is 7.11 Å². The Morgan fingerprint density at radius 2 is 1.91 bits per heavy atom. The van der Waals surface area contributed by atoms with Crippen LogP contribution in [-0.4, -0.2) is 48.0 Å². The van der Waals surface area contributed by atoms with Crippen LogP contribution in [0.3, 0.4) is 0 Å².